The summed E-state index contributed by atoms with van der Waals surface area (Å²) < 4.78 is 0. The summed E-state index contributed by atoms with van der Waals surface area (Å²) in [6, 6.07) is 17.7. The molecule has 0 saturated carbocycles. The number of likely N-dealkylation sites (tertiary alicyclic amines) is 1. The minimum atomic E-state index is -0.647. The van der Waals surface area contributed by atoms with Crippen LogP contribution in [0.4, 0.5) is 0 Å². The maximum atomic E-state index is 13.8. The number of nitrogens with zero attached hydrogens (tertiary/aromatic N) is 2. The predicted octanol–water partition coefficient (Wildman–Crippen LogP) is 5.77. The Kier molecular flexibility index (Phi) is 7.14. The van der Waals surface area contributed by atoms with Crippen LogP contribution in [0.25, 0.3) is 10.6 Å². The van der Waals surface area contributed by atoms with Crippen molar-refractivity contribution in [3.05, 3.63) is 101 Å². The highest BCUT2D eigenvalue weighted by atomic mass is 32.1. The fraction of sp³-hybridized carbons (Fsp3) is 0.300. The van der Waals surface area contributed by atoms with Gasteiger partial charge in [-0.3, -0.25) is 9.59 Å². The molecule has 1 atom stereocenters. The third-order valence-electron chi connectivity index (χ3n) is 7.43. The Labute approximate surface area is 216 Å². The number of carbonyl (C=O) groups is 2. The summed E-state index contributed by atoms with van der Waals surface area (Å²) in [7, 11) is 0. The number of aromatic nitrogens is 1. The zero-order valence-corrected chi connectivity index (χ0v) is 21.3. The molecule has 1 aromatic heterocycles. The number of thiazole rings is 1. The van der Waals surface area contributed by atoms with Gasteiger partial charge in [0.2, 0.25) is 5.91 Å². The maximum Gasteiger partial charge on any atom is 0.253 e. The second-order valence-electron chi connectivity index (χ2n) is 9.56. The molecule has 1 N–H and O–H groups in total. The molecule has 1 saturated heterocycles. The smallest absolute Gasteiger partial charge is 0.253 e. The summed E-state index contributed by atoms with van der Waals surface area (Å²) in [6.07, 6.45) is 11.3. The summed E-state index contributed by atoms with van der Waals surface area (Å²) in [5.41, 5.74) is 3.30. The first-order valence-electron chi connectivity index (χ1n) is 12.6. The van der Waals surface area contributed by atoms with Crippen LogP contribution in [-0.4, -0.2) is 40.8 Å². The summed E-state index contributed by atoms with van der Waals surface area (Å²) in [6.45, 7) is 3.14. The molecule has 184 valence electrons. The van der Waals surface area contributed by atoms with Crippen LogP contribution in [-0.2, 0) is 10.2 Å². The van der Waals surface area contributed by atoms with E-state index in [2.05, 4.69) is 35.5 Å². The first-order chi connectivity index (χ1) is 17.6. The van der Waals surface area contributed by atoms with E-state index in [1.807, 2.05) is 64.9 Å². The molecular formula is C30H31N3O2S. The number of carbonyl (C=O) groups excluding carboxylic acids is 2. The van der Waals surface area contributed by atoms with Crippen molar-refractivity contribution in [2.75, 3.05) is 13.1 Å². The Morgan fingerprint density at radius 1 is 1.06 bits per heavy atom. The van der Waals surface area contributed by atoms with Gasteiger partial charge in [-0.15, -0.1) is 11.3 Å². The number of amides is 2. The summed E-state index contributed by atoms with van der Waals surface area (Å²) in [4.78, 5) is 33.3. The van der Waals surface area contributed by atoms with Crippen LogP contribution in [0.2, 0.25) is 0 Å². The molecule has 5 rings (SSSR count). The molecule has 2 aromatic carbocycles. The van der Waals surface area contributed by atoms with Crippen LogP contribution >= 0.6 is 11.3 Å². The largest absolute Gasteiger partial charge is 0.349 e. The highest BCUT2D eigenvalue weighted by Gasteiger charge is 2.44. The Bertz CT molecular complexity index is 1260. The van der Waals surface area contributed by atoms with Crippen LogP contribution in [0, 0.1) is 0 Å². The average Bonchev–Trinajstić information content (AvgIpc) is 3.49. The van der Waals surface area contributed by atoms with Crippen molar-refractivity contribution < 1.29 is 9.59 Å². The average molecular weight is 498 g/mol. The van der Waals surface area contributed by atoms with E-state index in [0.29, 0.717) is 31.5 Å². The summed E-state index contributed by atoms with van der Waals surface area (Å²) in [5.74, 6) is 0.0619. The Hall–Kier alpha value is -3.51. The highest BCUT2D eigenvalue weighted by molar-refractivity contribution is 7.13. The molecule has 5 nitrogen and oxygen atoms in total. The molecule has 1 aliphatic carbocycles. The fourth-order valence-corrected chi connectivity index (χ4v) is 5.85. The Morgan fingerprint density at radius 2 is 1.81 bits per heavy atom. The van der Waals surface area contributed by atoms with E-state index < -0.39 is 5.41 Å². The summed E-state index contributed by atoms with van der Waals surface area (Å²) >= 11 is 1.58. The molecule has 6 heteroatoms. The Balaban J connectivity index is 1.31. The Morgan fingerprint density at radius 3 is 2.44 bits per heavy atom. The van der Waals surface area contributed by atoms with E-state index in [0.717, 1.165) is 29.0 Å². The van der Waals surface area contributed by atoms with Gasteiger partial charge < -0.3 is 10.2 Å². The van der Waals surface area contributed by atoms with Gasteiger partial charge in [0.15, 0.2) is 0 Å². The second kappa shape index (κ2) is 10.6. The number of piperidine rings is 1. The molecule has 2 amide bonds. The van der Waals surface area contributed by atoms with E-state index in [4.69, 9.17) is 0 Å². The molecule has 0 bridgehead atoms. The van der Waals surface area contributed by atoms with Crippen molar-refractivity contribution in [2.24, 2.45) is 0 Å². The number of allylic oxidation sites excluding steroid dienone is 3. The van der Waals surface area contributed by atoms with Gasteiger partial charge in [0, 0.05) is 41.8 Å². The quantitative estimate of drug-likeness (QED) is 0.471. The zero-order chi connectivity index (χ0) is 25.0. The first kappa shape index (κ1) is 24.2. The number of benzene rings is 2. The zero-order valence-electron chi connectivity index (χ0n) is 20.5. The minimum Gasteiger partial charge on any atom is -0.349 e. The predicted molar refractivity (Wildman–Crippen MR) is 145 cm³/mol. The minimum absolute atomic E-state index is 0.00951. The molecule has 1 aliphatic heterocycles. The van der Waals surface area contributed by atoms with Crippen LogP contribution in [0.15, 0.2) is 90.0 Å². The van der Waals surface area contributed by atoms with Crippen LogP contribution < -0.4 is 5.32 Å². The number of hydrogen-bond donors (Lipinski definition) is 1. The van der Waals surface area contributed by atoms with Gasteiger partial charge >= 0.3 is 0 Å². The third-order valence-corrected chi connectivity index (χ3v) is 8.25. The van der Waals surface area contributed by atoms with Crippen molar-refractivity contribution >= 4 is 23.2 Å². The van der Waals surface area contributed by atoms with E-state index in [9.17, 15) is 9.59 Å². The second-order valence-corrected chi connectivity index (χ2v) is 10.5. The van der Waals surface area contributed by atoms with Gasteiger partial charge in [0.05, 0.1) is 5.41 Å². The van der Waals surface area contributed by atoms with Crippen molar-refractivity contribution in [3.63, 3.8) is 0 Å². The van der Waals surface area contributed by atoms with Crippen LogP contribution in [0.5, 0.6) is 0 Å². The number of rotatable bonds is 6. The molecule has 3 aromatic rings. The van der Waals surface area contributed by atoms with Crippen molar-refractivity contribution in [1.82, 2.24) is 15.2 Å². The molecule has 1 fully saturated rings. The van der Waals surface area contributed by atoms with E-state index in [1.165, 1.54) is 5.57 Å². The standard InChI is InChI=1S/C30H31N3O2S/c1-22(23-8-4-2-5-9-23)32-29(35)30(26-10-6-3-7-11-26)16-19-33(20-17-30)28(34)25-14-12-24(13-15-25)27-31-18-21-36-27/h2-4,6-8,10-15,18,21-22H,5,9,16-17,19-20H2,1H3,(H,32,35)/t22-/m0/s1. The van der Waals surface area contributed by atoms with Crippen LogP contribution in [0.3, 0.4) is 0 Å². The fourth-order valence-electron chi connectivity index (χ4n) is 5.21. The van der Waals surface area contributed by atoms with E-state index in [-0.39, 0.29) is 17.9 Å². The highest BCUT2D eigenvalue weighted by Crippen LogP contribution is 2.37. The maximum absolute atomic E-state index is 13.8. The molecule has 2 heterocycles. The van der Waals surface area contributed by atoms with Crippen molar-refractivity contribution in [1.29, 1.82) is 0 Å². The van der Waals surface area contributed by atoms with Crippen LogP contribution in [0.1, 0.15) is 48.5 Å². The number of nitrogens with one attached hydrogen (secondary N) is 1. The van der Waals surface area contributed by atoms with Gasteiger partial charge in [-0.25, -0.2) is 4.98 Å². The third kappa shape index (κ3) is 4.91. The van der Waals surface area contributed by atoms with Gasteiger partial charge in [-0.05, 0) is 55.9 Å². The van der Waals surface area contributed by atoms with Gasteiger partial charge in [0.1, 0.15) is 5.01 Å². The van der Waals surface area contributed by atoms with E-state index >= 15 is 0 Å². The molecule has 0 spiro atoms. The van der Waals surface area contributed by atoms with Gasteiger partial charge in [-0.2, -0.15) is 0 Å². The molecular weight excluding hydrogens is 466 g/mol. The van der Waals surface area contributed by atoms with E-state index in [1.54, 1.807) is 17.5 Å². The monoisotopic (exact) mass is 497 g/mol. The van der Waals surface area contributed by atoms with Crippen molar-refractivity contribution in [2.45, 2.75) is 44.1 Å². The number of hydrogen-bond acceptors (Lipinski definition) is 4. The van der Waals surface area contributed by atoms with Crippen molar-refractivity contribution in [3.8, 4) is 10.6 Å². The topological polar surface area (TPSA) is 62.3 Å². The SMILES string of the molecule is C[C@H](NC(=O)C1(c2ccccc2)CCN(C(=O)c2ccc(-c3nccs3)cc2)CC1)C1=CC=CCC1. The lowest BCUT2D eigenvalue weighted by atomic mass is 9.71. The normalized spacial score (nSPS) is 17.8. The molecule has 0 radical (unpaired) electrons. The molecule has 36 heavy (non-hydrogen) atoms. The molecule has 0 unspecified atom stereocenters. The lowest BCUT2D eigenvalue weighted by molar-refractivity contribution is -0.129. The summed E-state index contributed by atoms with van der Waals surface area (Å²) in [5, 5.41) is 6.19. The van der Waals surface area contributed by atoms with Gasteiger partial charge in [-0.1, -0.05) is 60.7 Å². The lowest BCUT2D eigenvalue weighted by Crippen LogP contribution is -2.54. The molecule has 2 aliphatic rings. The van der Waals surface area contributed by atoms with Gasteiger partial charge in [0.25, 0.3) is 5.91 Å². The lowest BCUT2D eigenvalue weighted by Gasteiger charge is -2.41. The first-order valence-corrected chi connectivity index (χ1v) is 13.5.